The van der Waals surface area contributed by atoms with Crippen LogP contribution in [0.2, 0.25) is 0 Å². The van der Waals surface area contributed by atoms with E-state index in [2.05, 4.69) is 13.8 Å². The number of rotatable bonds is 6. The summed E-state index contributed by atoms with van der Waals surface area (Å²) in [6.45, 7) is 6.05. The highest BCUT2D eigenvalue weighted by Gasteiger charge is 2.28. The molecule has 0 spiro atoms. The number of hydrogen-bond acceptors (Lipinski definition) is 2. The lowest BCUT2D eigenvalue weighted by Gasteiger charge is -2.34. The van der Waals surface area contributed by atoms with Gasteiger partial charge in [-0.25, -0.2) is 0 Å². The summed E-state index contributed by atoms with van der Waals surface area (Å²) in [4.78, 5) is 0. The highest BCUT2D eigenvalue weighted by molar-refractivity contribution is 4.82. The van der Waals surface area contributed by atoms with Crippen molar-refractivity contribution in [2.45, 2.75) is 58.4 Å². The minimum atomic E-state index is 0.266. The van der Waals surface area contributed by atoms with Gasteiger partial charge in [0.05, 0.1) is 6.61 Å². The normalized spacial score (nSPS) is 29.0. The molecule has 0 amide bonds. The molecule has 0 aromatic rings. The van der Waals surface area contributed by atoms with Gasteiger partial charge in [0.15, 0.2) is 0 Å². The Labute approximate surface area is 94.6 Å². The Morgan fingerprint density at radius 3 is 2.67 bits per heavy atom. The highest BCUT2D eigenvalue weighted by Crippen LogP contribution is 2.33. The van der Waals surface area contributed by atoms with Gasteiger partial charge in [0.1, 0.15) is 0 Å². The van der Waals surface area contributed by atoms with Crippen LogP contribution in [0, 0.1) is 11.8 Å². The first-order chi connectivity index (χ1) is 7.29. The first-order valence-corrected chi connectivity index (χ1v) is 6.62. The van der Waals surface area contributed by atoms with Gasteiger partial charge >= 0.3 is 0 Å². The largest absolute Gasteiger partial charge is 0.380 e. The van der Waals surface area contributed by atoms with E-state index in [1.54, 1.807) is 0 Å². The van der Waals surface area contributed by atoms with E-state index in [4.69, 9.17) is 10.5 Å². The average molecular weight is 213 g/mol. The van der Waals surface area contributed by atoms with Crippen molar-refractivity contribution in [3.63, 3.8) is 0 Å². The van der Waals surface area contributed by atoms with E-state index in [0.29, 0.717) is 5.92 Å². The Kier molecular flexibility index (Phi) is 6.26. The first-order valence-electron chi connectivity index (χ1n) is 6.62. The van der Waals surface area contributed by atoms with E-state index in [0.717, 1.165) is 25.6 Å². The molecule has 1 aliphatic rings. The van der Waals surface area contributed by atoms with Gasteiger partial charge in [-0.05, 0) is 24.7 Å². The SMILES string of the molecule is CCCOCC(N)C1CCCCC1CC. The lowest BCUT2D eigenvalue weighted by atomic mass is 9.74. The topological polar surface area (TPSA) is 35.2 Å². The van der Waals surface area contributed by atoms with Crippen LogP contribution in [-0.4, -0.2) is 19.3 Å². The second-order valence-corrected chi connectivity index (χ2v) is 4.86. The molecule has 3 atom stereocenters. The smallest absolute Gasteiger partial charge is 0.0620 e. The summed E-state index contributed by atoms with van der Waals surface area (Å²) in [6, 6.07) is 0.266. The summed E-state index contributed by atoms with van der Waals surface area (Å²) < 4.78 is 5.57. The van der Waals surface area contributed by atoms with Crippen LogP contribution >= 0.6 is 0 Å². The number of hydrogen-bond donors (Lipinski definition) is 1. The maximum Gasteiger partial charge on any atom is 0.0620 e. The molecule has 0 aliphatic heterocycles. The molecular weight excluding hydrogens is 186 g/mol. The third-order valence-corrected chi connectivity index (χ3v) is 3.70. The minimum absolute atomic E-state index is 0.266. The van der Waals surface area contributed by atoms with Crippen molar-refractivity contribution < 1.29 is 4.74 Å². The van der Waals surface area contributed by atoms with Crippen LogP contribution < -0.4 is 5.73 Å². The third-order valence-electron chi connectivity index (χ3n) is 3.70. The van der Waals surface area contributed by atoms with Crippen LogP contribution in [0.15, 0.2) is 0 Å². The van der Waals surface area contributed by atoms with Crippen LogP contribution in [0.1, 0.15) is 52.4 Å². The maximum absolute atomic E-state index is 6.23. The molecule has 1 aliphatic carbocycles. The Bertz CT molecular complexity index is 161. The van der Waals surface area contributed by atoms with E-state index < -0.39 is 0 Å². The molecule has 0 aromatic carbocycles. The molecule has 3 unspecified atom stereocenters. The lowest BCUT2D eigenvalue weighted by Crippen LogP contribution is -2.40. The van der Waals surface area contributed by atoms with Crippen molar-refractivity contribution in [1.29, 1.82) is 0 Å². The Morgan fingerprint density at radius 1 is 1.27 bits per heavy atom. The van der Waals surface area contributed by atoms with Crippen LogP contribution in [-0.2, 0) is 4.74 Å². The summed E-state index contributed by atoms with van der Waals surface area (Å²) in [5.41, 5.74) is 6.23. The van der Waals surface area contributed by atoms with Crippen molar-refractivity contribution in [1.82, 2.24) is 0 Å². The van der Waals surface area contributed by atoms with Crippen molar-refractivity contribution in [2.24, 2.45) is 17.6 Å². The van der Waals surface area contributed by atoms with Crippen LogP contribution in [0.25, 0.3) is 0 Å². The van der Waals surface area contributed by atoms with Gasteiger partial charge < -0.3 is 10.5 Å². The molecule has 2 N–H and O–H groups in total. The second-order valence-electron chi connectivity index (χ2n) is 4.86. The van der Waals surface area contributed by atoms with E-state index in [1.165, 1.54) is 32.1 Å². The molecule has 15 heavy (non-hydrogen) atoms. The fourth-order valence-electron chi connectivity index (χ4n) is 2.79. The van der Waals surface area contributed by atoms with E-state index >= 15 is 0 Å². The lowest BCUT2D eigenvalue weighted by molar-refractivity contribution is 0.0801. The van der Waals surface area contributed by atoms with Gasteiger partial charge in [-0.1, -0.05) is 39.5 Å². The molecule has 0 heterocycles. The van der Waals surface area contributed by atoms with Crippen LogP contribution in [0.3, 0.4) is 0 Å². The predicted molar refractivity (Wildman–Crippen MR) is 64.8 cm³/mol. The fourth-order valence-corrected chi connectivity index (χ4v) is 2.79. The molecule has 2 heteroatoms. The van der Waals surface area contributed by atoms with Gasteiger partial charge in [-0.3, -0.25) is 0 Å². The quantitative estimate of drug-likeness (QED) is 0.688. The zero-order valence-electron chi connectivity index (χ0n) is 10.4. The van der Waals surface area contributed by atoms with Gasteiger partial charge in [-0.2, -0.15) is 0 Å². The second kappa shape index (κ2) is 7.24. The molecule has 0 bridgehead atoms. The molecule has 2 nitrogen and oxygen atoms in total. The summed E-state index contributed by atoms with van der Waals surface area (Å²) in [5.74, 6) is 1.56. The zero-order chi connectivity index (χ0) is 11.1. The monoisotopic (exact) mass is 213 g/mol. The predicted octanol–water partition coefficient (Wildman–Crippen LogP) is 2.96. The minimum Gasteiger partial charge on any atom is -0.380 e. The summed E-state index contributed by atoms with van der Waals surface area (Å²) in [5, 5.41) is 0. The van der Waals surface area contributed by atoms with Gasteiger partial charge in [0.25, 0.3) is 0 Å². The Balaban J connectivity index is 2.31. The summed E-state index contributed by atoms with van der Waals surface area (Å²) in [6.07, 6.45) is 7.83. The molecule has 0 radical (unpaired) electrons. The number of nitrogens with two attached hydrogens (primary N) is 1. The average Bonchev–Trinajstić information content (AvgIpc) is 2.29. The van der Waals surface area contributed by atoms with Crippen molar-refractivity contribution in [2.75, 3.05) is 13.2 Å². The van der Waals surface area contributed by atoms with E-state index in [1.807, 2.05) is 0 Å². The van der Waals surface area contributed by atoms with E-state index in [-0.39, 0.29) is 6.04 Å². The van der Waals surface area contributed by atoms with Gasteiger partial charge in [0.2, 0.25) is 0 Å². The van der Waals surface area contributed by atoms with Gasteiger partial charge in [-0.15, -0.1) is 0 Å². The van der Waals surface area contributed by atoms with Crippen molar-refractivity contribution in [3.05, 3.63) is 0 Å². The molecule has 0 saturated heterocycles. The summed E-state index contributed by atoms with van der Waals surface area (Å²) in [7, 11) is 0. The summed E-state index contributed by atoms with van der Waals surface area (Å²) >= 11 is 0. The van der Waals surface area contributed by atoms with Crippen molar-refractivity contribution >= 4 is 0 Å². The molecule has 0 aromatic heterocycles. The fraction of sp³-hybridized carbons (Fsp3) is 1.00. The molecule has 1 fully saturated rings. The molecule has 90 valence electrons. The van der Waals surface area contributed by atoms with E-state index in [9.17, 15) is 0 Å². The molecule has 1 rings (SSSR count). The van der Waals surface area contributed by atoms with Gasteiger partial charge in [0, 0.05) is 12.6 Å². The van der Waals surface area contributed by atoms with Crippen LogP contribution in [0.5, 0.6) is 0 Å². The first kappa shape index (κ1) is 13.0. The standard InChI is InChI=1S/C13H27NO/c1-3-9-15-10-13(14)12-8-6-5-7-11(12)4-2/h11-13H,3-10,14H2,1-2H3. The number of ether oxygens (including phenoxy) is 1. The van der Waals surface area contributed by atoms with Crippen molar-refractivity contribution in [3.8, 4) is 0 Å². The Morgan fingerprint density at radius 2 is 2.00 bits per heavy atom. The highest BCUT2D eigenvalue weighted by atomic mass is 16.5. The zero-order valence-corrected chi connectivity index (χ0v) is 10.4. The van der Waals surface area contributed by atoms with Crippen LogP contribution in [0.4, 0.5) is 0 Å². The molecule has 1 saturated carbocycles. The molecular formula is C13H27NO. The third kappa shape index (κ3) is 4.12. The Hall–Kier alpha value is -0.0800. The maximum atomic E-state index is 6.23.